The fourth-order valence-electron chi connectivity index (χ4n) is 1.45. The molecule has 1 aromatic heterocycles. The maximum absolute atomic E-state index is 12.9. The average Bonchev–Trinajstić information content (AvgIpc) is 2.83. The van der Waals surface area contributed by atoms with Gasteiger partial charge in [-0.25, -0.2) is 0 Å². The van der Waals surface area contributed by atoms with Crippen LogP contribution in [-0.4, -0.2) is 26.0 Å². The number of rotatable bonds is 4. The number of halogens is 3. The predicted molar refractivity (Wildman–Crippen MR) is 65.1 cm³/mol. The summed E-state index contributed by atoms with van der Waals surface area (Å²) in [6.45, 7) is 3.54. The second kappa shape index (κ2) is 5.43. The number of hydrogen-bond donors (Lipinski definition) is 0. The van der Waals surface area contributed by atoms with Crippen molar-refractivity contribution in [3.63, 3.8) is 0 Å². The first-order valence-electron chi connectivity index (χ1n) is 5.22. The van der Waals surface area contributed by atoms with Crippen LogP contribution < -0.4 is 0 Å². The molecule has 0 bridgehead atoms. The molecule has 0 aliphatic heterocycles. The van der Waals surface area contributed by atoms with Crippen LogP contribution in [0.15, 0.2) is 42.1 Å². The van der Waals surface area contributed by atoms with E-state index in [1.165, 1.54) is 30.0 Å². The largest absolute Gasteiger partial charge is 0.418 e. The minimum absolute atomic E-state index is 0.0911. The summed E-state index contributed by atoms with van der Waals surface area (Å²) in [4.78, 5) is 0. The van der Waals surface area contributed by atoms with Crippen LogP contribution in [0.1, 0.15) is 5.56 Å². The Hall–Kier alpha value is -1.83. The minimum atomic E-state index is -4.46. The molecular weight excluding hydrogens is 277 g/mol. The van der Waals surface area contributed by atoms with Gasteiger partial charge in [0.25, 0.3) is 0 Å². The van der Waals surface area contributed by atoms with E-state index in [4.69, 9.17) is 0 Å². The molecule has 0 saturated heterocycles. The Morgan fingerprint density at radius 2 is 2.05 bits per heavy atom. The lowest BCUT2D eigenvalue weighted by molar-refractivity contribution is -0.137. The van der Waals surface area contributed by atoms with Gasteiger partial charge in [-0.3, -0.25) is 0 Å². The number of thioether (sulfide) groups is 1. The highest BCUT2D eigenvalue weighted by Crippen LogP contribution is 2.34. The summed E-state index contributed by atoms with van der Waals surface area (Å²) in [5.41, 5.74) is -0.866. The lowest BCUT2D eigenvalue weighted by atomic mass is 10.2. The van der Waals surface area contributed by atoms with Crippen molar-refractivity contribution in [3.8, 4) is 5.69 Å². The van der Waals surface area contributed by atoms with Crippen LogP contribution in [0.3, 0.4) is 0 Å². The Morgan fingerprint density at radius 1 is 1.32 bits per heavy atom. The van der Waals surface area contributed by atoms with Crippen molar-refractivity contribution < 1.29 is 13.2 Å². The van der Waals surface area contributed by atoms with Crippen molar-refractivity contribution in [3.05, 3.63) is 42.5 Å². The molecule has 8 heteroatoms. The molecule has 0 unspecified atom stereocenters. The smallest absolute Gasteiger partial charge is 0.187 e. The molecule has 2 aromatic rings. The van der Waals surface area contributed by atoms with Gasteiger partial charge < -0.3 is 0 Å². The van der Waals surface area contributed by atoms with Gasteiger partial charge in [-0.05, 0) is 22.6 Å². The second-order valence-electron chi connectivity index (χ2n) is 3.49. The van der Waals surface area contributed by atoms with Gasteiger partial charge in [0.2, 0.25) is 5.16 Å². The van der Waals surface area contributed by atoms with E-state index in [9.17, 15) is 13.2 Å². The monoisotopic (exact) mass is 286 g/mol. The van der Waals surface area contributed by atoms with Crippen LogP contribution in [-0.2, 0) is 6.18 Å². The molecule has 0 saturated carbocycles. The molecule has 1 heterocycles. The standard InChI is InChI=1S/C11H9F3N4S/c1-2-7-19-10-15-16-17-18(10)9-6-4-3-5-8(9)11(12,13)14/h2-6H,1,7H2. The van der Waals surface area contributed by atoms with Crippen LogP contribution in [0.25, 0.3) is 5.69 Å². The number of nitrogens with zero attached hydrogens (tertiary/aromatic N) is 4. The van der Waals surface area contributed by atoms with Gasteiger partial charge in [-0.2, -0.15) is 17.9 Å². The van der Waals surface area contributed by atoms with E-state index in [2.05, 4.69) is 22.1 Å². The highest BCUT2D eigenvalue weighted by atomic mass is 32.2. The maximum atomic E-state index is 12.9. The van der Waals surface area contributed by atoms with E-state index in [1.54, 1.807) is 6.08 Å². The average molecular weight is 286 g/mol. The lowest BCUT2D eigenvalue weighted by Crippen LogP contribution is -2.12. The maximum Gasteiger partial charge on any atom is 0.418 e. The van der Waals surface area contributed by atoms with Crippen molar-refractivity contribution in [1.82, 2.24) is 20.2 Å². The molecule has 4 nitrogen and oxygen atoms in total. The summed E-state index contributed by atoms with van der Waals surface area (Å²) >= 11 is 1.21. The summed E-state index contributed by atoms with van der Waals surface area (Å²) in [5.74, 6) is 0.508. The van der Waals surface area contributed by atoms with Crippen LogP contribution in [0.5, 0.6) is 0 Å². The number of hydrogen-bond acceptors (Lipinski definition) is 4. The van der Waals surface area contributed by atoms with Gasteiger partial charge in [0.15, 0.2) is 0 Å². The van der Waals surface area contributed by atoms with Crippen LogP contribution >= 0.6 is 11.8 Å². The topological polar surface area (TPSA) is 43.6 Å². The fraction of sp³-hybridized carbons (Fsp3) is 0.182. The van der Waals surface area contributed by atoms with Crippen LogP contribution in [0.2, 0.25) is 0 Å². The molecule has 0 aliphatic carbocycles. The lowest BCUT2D eigenvalue weighted by Gasteiger charge is -2.12. The molecule has 100 valence electrons. The third kappa shape index (κ3) is 2.95. The minimum Gasteiger partial charge on any atom is -0.187 e. The third-order valence-electron chi connectivity index (χ3n) is 2.21. The van der Waals surface area contributed by atoms with Gasteiger partial charge in [-0.15, -0.1) is 11.7 Å². The van der Waals surface area contributed by atoms with E-state index in [0.717, 1.165) is 10.7 Å². The first kappa shape index (κ1) is 13.6. The van der Waals surface area contributed by atoms with Gasteiger partial charge in [0, 0.05) is 5.75 Å². The molecular formula is C11H9F3N4S. The summed E-state index contributed by atoms with van der Waals surface area (Å²) in [5, 5.41) is 11.0. The number of benzene rings is 1. The van der Waals surface area contributed by atoms with E-state index in [1.807, 2.05) is 0 Å². The summed E-state index contributed by atoms with van der Waals surface area (Å²) in [6, 6.07) is 5.16. The molecule has 19 heavy (non-hydrogen) atoms. The van der Waals surface area contributed by atoms with E-state index in [0.29, 0.717) is 5.75 Å². The van der Waals surface area contributed by atoms with Gasteiger partial charge in [0.05, 0.1) is 11.3 Å². The highest BCUT2D eigenvalue weighted by molar-refractivity contribution is 7.99. The summed E-state index contributed by atoms with van der Waals surface area (Å²) in [7, 11) is 0. The number of alkyl halides is 3. The third-order valence-corrected chi connectivity index (χ3v) is 3.12. The Labute approximate surface area is 111 Å². The summed E-state index contributed by atoms with van der Waals surface area (Å²) < 4.78 is 39.8. The van der Waals surface area contributed by atoms with E-state index >= 15 is 0 Å². The zero-order valence-electron chi connectivity index (χ0n) is 9.63. The molecule has 0 radical (unpaired) electrons. The first-order chi connectivity index (χ1) is 9.04. The number of tetrazole rings is 1. The molecule has 0 fully saturated rings. The Kier molecular flexibility index (Phi) is 3.89. The highest BCUT2D eigenvalue weighted by Gasteiger charge is 2.34. The number of aromatic nitrogens is 4. The molecule has 1 aromatic carbocycles. The van der Waals surface area contributed by atoms with Crippen molar-refractivity contribution in [1.29, 1.82) is 0 Å². The molecule has 0 atom stereocenters. The molecule has 0 amide bonds. The van der Waals surface area contributed by atoms with Crippen LogP contribution in [0.4, 0.5) is 13.2 Å². The Morgan fingerprint density at radius 3 is 2.74 bits per heavy atom. The zero-order valence-corrected chi connectivity index (χ0v) is 10.4. The van der Waals surface area contributed by atoms with Crippen LogP contribution in [0, 0.1) is 0 Å². The van der Waals surface area contributed by atoms with E-state index < -0.39 is 11.7 Å². The van der Waals surface area contributed by atoms with Gasteiger partial charge >= 0.3 is 6.18 Å². The predicted octanol–water partition coefficient (Wildman–Crippen LogP) is 2.96. The van der Waals surface area contributed by atoms with Crippen molar-refractivity contribution in [2.75, 3.05) is 5.75 Å². The molecule has 0 spiro atoms. The number of para-hydroxylation sites is 1. The molecule has 0 N–H and O–H groups in total. The zero-order chi connectivity index (χ0) is 13.9. The van der Waals surface area contributed by atoms with Crippen molar-refractivity contribution in [2.24, 2.45) is 0 Å². The van der Waals surface area contributed by atoms with Crippen molar-refractivity contribution in [2.45, 2.75) is 11.3 Å². The second-order valence-corrected chi connectivity index (χ2v) is 4.48. The molecule has 2 rings (SSSR count). The molecule has 0 aliphatic rings. The van der Waals surface area contributed by atoms with Crippen molar-refractivity contribution >= 4 is 11.8 Å². The quantitative estimate of drug-likeness (QED) is 0.640. The Balaban J connectivity index is 2.48. The van der Waals surface area contributed by atoms with Gasteiger partial charge in [0.1, 0.15) is 0 Å². The normalized spacial score (nSPS) is 11.5. The Bertz CT molecular complexity index is 579. The van der Waals surface area contributed by atoms with Gasteiger partial charge in [-0.1, -0.05) is 30.0 Å². The first-order valence-corrected chi connectivity index (χ1v) is 6.21. The summed E-state index contributed by atoms with van der Waals surface area (Å²) in [6.07, 6.45) is -2.83. The SMILES string of the molecule is C=CCSc1nnnn1-c1ccccc1C(F)(F)F. The fourth-order valence-corrected chi connectivity index (χ4v) is 2.07. The van der Waals surface area contributed by atoms with E-state index in [-0.39, 0.29) is 10.8 Å².